The Morgan fingerprint density at radius 2 is 2.20 bits per heavy atom. The molecule has 0 saturated carbocycles. The van der Waals surface area contributed by atoms with Gasteiger partial charge in [0.1, 0.15) is 0 Å². The molecule has 2 heterocycles. The second kappa shape index (κ2) is 5.21. The Hall–Kier alpha value is -2.56. The smallest absolute Gasteiger partial charge is 0.250 e. The lowest BCUT2D eigenvalue weighted by Gasteiger charge is -2.20. The maximum Gasteiger partial charge on any atom is 0.250 e. The molecule has 0 aliphatic carbocycles. The van der Waals surface area contributed by atoms with Crippen LogP contribution in [0.2, 0.25) is 0 Å². The third kappa shape index (κ3) is 2.42. The minimum Gasteiger partial charge on any atom is -0.437 e. The third-order valence-corrected chi connectivity index (χ3v) is 3.27. The van der Waals surface area contributed by atoms with Gasteiger partial charge >= 0.3 is 0 Å². The number of primary amides is 1. The summed E-state index contributed by atoms with van der Waals surface area (Å²) in [6.45, 7) is 0.946. The van der Waals surface area contributed by atoms with Crippen LogP contribution in [0, 0.1) is 0 Å². The van der Waals surface area contributed by atoms with Crippen molar-refractivity contribution in [3.05, 3.63) is 47.7 Å². The maximum atomic E-state index is 11.0. The number of pyridine rings is 1. The average Bonchev–Trinajstić information content (AvgIpc) is 2.48. The Labute approximate surface area is 116 Å². The van der Waals surface area contributed by atoms with Crippen LogP contribution in [0.4, 0.5) is 5.69 Å². The number of nitrogens with two attached hydrogens (primary N) is 1. The Morgan fingerprint density at radius 1 is 1.30 bits per heavy atom. The molecule has 1 amide bonds. The Morgan fingerprint density at radius 3 is 2.95 bits per heavy atom. The van der Waals surface area contributed by atoms with Gasteiger partial charge < -0.3 is 15.8 Å². The van der Waals surface area contributed by atoms with Crippen LogP contribution in [0.15, 0.2) is 36.5 Å². The molecule has 0 bridgehead atoms. The molecule has 0 atom stereocenters. The number of nitrogens with one attached hydrogen (secondary N) is 1. The van der Waals surface area contributed by atoms with E-state index in [0.717, 1.165) is 30.8 Å². The molecule has 2 aromatic rings. The number of aromatic nitrogens is 1. The van der Waals surface area contributed by atoms with E-state index in [0.29, 0.717) is 11.4 Å². The van der Waals surface area contributed by atoms with Crippen LogP contribution < -0.4 is 15.8 Å². The van der Waals surface area contributed by atoms with E-state index in [1.807, 2.05) is 12.1 Å². The highest BCUT2D eigenvalue weighted by Crippen LogP contribution is 2.34. The first kappa shape index (κ1) is 12.5. The van der Waals surface area contributed by atoms with E-state index in [4.69, 9.17) is 10.5 Å². The molecule has 20 heavy (non-hydrogen) atoms. The van der Waals surface area contributed by atoms with Crippen molar-refractivity contribution in [3.8, 4) is 11.6 Å². The lowest BCUT2D eigenvalue weighted by atomic mass is 10.0. The topological polar surface area (TPSA) is 77.2 Å². The molecule has 0 spiro atoms. The molecule has 3 N–H and O–H groups in total. The molecule has 1 aromatic carbocycles. The minimum absolute atomic E-state index is 0.366. The molecular formula is C15H15N3O2. The molecule has 0 radical (unpaired) electrons. The first-order valence-corrected chi connectivity index (χ1v) is 6.53. The highest BCUT2D eigenvalue weighted by molar-refractivity contribution is 5.92. The van der Waals surface area contributed by atoms with Crippen LogP contribution >= 0.6 is 0 Å². The number of para-hydroxylation sites is 1. The second-order valence-corrected chi connectivity index (χ2v) is 4.67. The van der Waals surface area contributed by atoms with E-state index in [1.54, 1.807) is 12.1 Å². The lowest BCUT2D eigenvalue weighted by Crippen LogP contribution is -2.12. The van der Waals surface area contributed by atoms with Gasteiger partial charge in [-0.2, -0.15) is 0 Å². The zero-order chi connectivity index (χ0) is 13.9. The third-order valence-electron chi connectivity index (χ3n) is 3.27. The number of anilines is 1. The largest absolute Gasteiger partial charge is 0.437 e. The fourth-order valence-electron chi connectivity index (χ4n) is 2.26. The van der Waals surface area contributed by atoms with E-state index in [2.05, 4.69) is 16.4 Å². The molecule has 1 aliphatic heterocycles. The van der Waals surface area contributed by atoms with Crippen molar-refractivity contribution in [3.63, 3.8) is 0 Å². The number of fused-ring (bicyclic) bond motifs is 1. The number of amides is 1. The van der Waals surface area contributed by atoms with Crippen molar-refractivity contribution in [2.45, 2.75) is 12.8 Å². The van der Waals surface area contributed by atoms with E-state index >= 15 is 0 Å². The summed E-state index contributed by atoms with van der Waals surface area (Å²) in [7, 11) is 0. The number of hydrogen-bond acceptors (Lipinski definition) is 4. The average molecular weight is 269 g/mol. The number of ether oxygens (including phenoxy) is 1. The molecule has 5 heteroatoms. The number of carbonyl (C=O) groups is 1. The van der Waals surface area contributed by atoms with Gasteiger partial charge in [-0.05, 0) is 30.5 Å². The van der Waals surface area contributed by atoms with Gasteiger partial charge in [-0.25, -0.2) is 4.98 Å². The zero-order valence-electron chi connectivity index (χ0n) is 10.9. The van der Waals surface area contributed by atoms with Gasteiger partial charge in [-0.3, -0.25) is 4.79 Å². The molecule has 1 aromatic heterocycles. The number of rotatable bonds is 3. The quantitative estimate of drug-likeness (QED) is 0.896. The summed E-state index contributed by atoms with van der Waals surface area (Å²) in [5.41, 5.74) is 7.82. The minimum atomic E-state index is -0.497. The highest BCUT2D eigenvalue weighted by Gasteiger charge is 2.14. The summed E-state index contributed by atoms with van der Waals surface area (Å²) in [5, 5.41) is 3.35. The summed E-state index contributed by atoms with van der Waals surface area (Å²) in [6.07, 6.45) is 3.59. The maximum absolute atomic E-state index is 11.0. The summed E-state index contributed by atoms with van der Waals surface area (Å²) >= 11 is 0. The number of carbonyl (C=O) groups excluding carboxylic acids is 1. The van der Waals surface area contributed by atoms with Gasteiger partial charge in [0, 0.05) is 18.8 Å². The van der Waals surface area contributed by atoms with Gasteiger partial charge in [0.15, 0.2) is 5.75 Å². The van der Waals surface area contributed by atoms with E-state index in [9.17, 15) is 4.79 Å². The summed E-state index contributed by atoms with van der Waals surface area (Å²) < 4.78 is 5.79. The van der Waals surface area contributed by atoms with Crippen LogP contribution in [-0.2, 0) is 6.42 Å². The molecule has 0 fully saturated rings. The lowest BCUT2D eigenvalue weighted by molar-refractivity contribution is 0.1000. The van der Waals surface area contributed by atoms with E-state index < -0.39 is 5.91 Å². The first-order chi connectivity index (χ1) is 9.74. The standard InChI is InChI=1S/C15H15N3O2/c16-15(19)11-6-7-13(18-9-11)20-12-5-1-3-10-4-2-8-17-14(10)12/h1,3,5-7,9,17H,2,4,8H2,(H2,16,19). The van der Waals surface area contributed by atoms with Crippen LogP contribution in [0.1, 0.15) is 22.3 Å². The predicted molar refractivity (Wildman–Crippen MR) is 76.1 cm³/mol. The van der Waals surface area contributed by atoms with Gasteiger partial charge in [0.05, 0.1) is 11.3 Å². The van der Waals surface area contributed by atoms with E-state index in [1.165, 1.54) is 11.8 Å². The van der Waals surface area contributed by atoms with Gasteiger partial charge in [0.25, 0.3) is 0 Å². The molecule has 102 valence electrons. The van der Waals surface area contributed by atoms with E-state index in [-0.39, 0.29) is 0 Å². The fourth-order valence-corrected chi connectivity index (χ4v) is 2.26. The molecule has 0 saturated heterocycles. The molecule has 0 unspecified atom stereocenters. The summed E-state index contributed by atoms with van der Waals surface area (Å²) in [4.78, 5) is 15.1. The Balaban J connectivity index is 1.86. The number of hydrogen-bond donors (Lipinski definition) is 2. The monoisotopic (exact) mass is 269 g/mol. The predicted octanol–water partition coefficient (Wildman–Crippen LogP) is 2.33. The summed E-state index contributed by atoms with van der Waals surface area (Å²) in [6, 6.07) is 9.22. The van der Waals surface area contributed by atoms with Crippen LogP contribution in [0.3, 0.4) is 0 Å². The van der Waals surface area contributed by atoms with Gasteiger partial charge in [0.2, 0.25) is 11.8 Å². The Kier molecular flexibility index (Phi) is 3.25. The normalized spacial score (nSPS) is 13.2. The molecule has 1 aliphatic rings. The molecule has 5 nitrogen and oxygen atoms in total. The van der Waals surface area contributed by atoms with Crippen molar-refractivity contribution >= 4 is 11.6 Å². The van der Waals surface area contributed by atoms with Crippen LogP contribution in [-0.4, -0.2) is 17.4 Å². The van der Waals surface area contributed by atoms with Crippen LogP contribution in [0.25, 0.3) is 0 Å². The number of benzene rings is 1. The summed E-state index contributed by atoms with van der Waals surface area (Å²) in [5.74, 6) is 0.695. The zero-order valence-corrected chi connectivity index (χ0v) is 10.9. The SMILES string of the molecule is NC(=O)c1ccc(Oc2cccc3c2NCCC3)nc1. The number of nitrogens with zero attached hydrogens (tertiary/aromatic N) is 1. The molecule has 3 rings (SSSR count). The Bertz CT molecular complexity index is 638. The van der Waals surface area contributed by atoms with Crippen molar-refractivity contribution in [1.29, 1.82) is 0 Å². The van der Waals surface area contributed by atoms with Crippen molar-refractivity contribution in [2.75, 3.05) is 11.9 Å². The first-order valence-electron chi connectivity index (χ1n) is 6.53. The number of aryl methyl sites for hydroxylation is 1. The second-order valence-electron chi connectivity index (χ2n) is 4.67. The van der Waals surface area contributed by atoms with Gasteiger partial charge in [-0.1, -0.05) is 12.1 Å². The highest BCUT2D eigenvalue weighted by atomic mass is 16.5. The van der Waals surface area contributed by atoms with Crippen molar-refractivity contribution in [1.82, 2.24) is 4.98 Å². The fraction of sp³-hybridized carbons (Fsp3) is 0.200. The van der Waals surface area contributed by atoms with Crippen LogP contribution in [0.5, 0.6) is 11.6 Å². The van der Waals surface area contributed by atoms with Gasteiger partial charge in [-0.15, -0.1) is 0 Å². The van der Waals surface area contributed by atoms with Crippen molar-refractivity contribution in [2.24, 2.45) is 5.73 Å². The molecular weight excluding hydrogens is 254 g/mol. The van der Waals surface area contributed by atoms with Crippen molar-refractivity contribution < 1.29 is 9.53 Å².